The zero-order chi connectivity index (χ0) is 15.3. The largest absolute Gasteiger partial charge is 0.379 e. The third-order valence-electron chi connectivity index (χ3n) is 4.47. The van der Waals surface area contributed by atoms with Gasteiger partial charge in [-0.2, -0.15) is 0 Å². The van der Waals surface area contributed by atoms with E-state index in [1.165, 1.54) is 57.9 Å². The van der Waals surface area contributed by atoms with Crippen LogP contribution in [0, 0.1) is 0 Å². The van der Waals surface area contributed by atoms with Crippen molar-refractivity contribution in [2.24, 2.45) is 0 Å². The molecule has 0 spiro atoms. The highest BCUT2D eigenvalue weighted by atomic mass is 16.5. The van der Waals surface area contributed by atoms with Crippen LogP contribution in [0.25, 0.3) is 0 Å². The fraction of sp³-hybridized carbons (Fsp3) is 1.00. The van der Waals surface area contributed by atoms with Gasteiger partial charge in [-0.3, -0.25) is 4.90 Å². The smallest absolute Gasteiger partial charge is 0.0594 e. The van der Waals surface area contributed by atoms with Crippen molar-refractivity contribution in [2.75, 3.05) is 32.8 Å². The van der Waals surface area contributed by atoms with Crippen molar-refractivity contribution in [1.29, 1.82) is 0 Å². The maximum atomic E-state index is 5.43. The minimum atomic E-state index is 0.594. The molecule has 1 fully saturated rings. The quantitative estimate of drug-likeness (QED) is 0.554. The first-order valence-corrected chi connectivity index (χ1v) is 9.32. The number of nitrogens with zero attached hydrogens (tertiary/aromatic N) is 1. The van der Waals surface area contributed by atoms with Gasteiger partial charge < -0.3 is 10.1 Å². The Morgan fingerprint density at radius 2 is 1.52 bits per heavy atom. The average molecular weight is 299 g/mol. The average Bonchev–Trinajstić information content (AvgIpc) is 2.48. The molecular weight excluding hydrogens is 260 g/mol. The van der Waals surface area contributed by atoms with Gasteiger partial charge in [-0.15, -0.1) is 0 Å². The first-order valence-electron chi connectivity index (χ1n) is 9.32. The van der Waals surface area contributed by atoms with E-state index in [1.807, 2.05) is 0 Å². The number of hydrogen-bond acceptors (Lipinski definition) is 3. The van der Waals surface area contributed by atoms with Crippen LogP contribution in [0.4, 0.5) is 0 Å². The molecule has 0 saturated carbocycles. The zero-order valence-electron chi connectivity index (χ0n) is 14.7. The summed E-state index contributed by atoms with van der Waals surface area (Å²) in [6.45, 7) is 12.1. The van der Waals surface area contributed by atoms with Crippen LogP contribution in [-0.4, -0.2) is 49.8 Å². The fourth-order valence-electron chi connectivity index (χ4n) is 3.22. The topological polar surface area (TPSA) is 24.5 Å². The standard InChI is InChI=1S/C18H38N2O/c1-4-6-8-10-18(11-9-7-5-2)19-17(3)16-20-12-14-21-15-13-20/h17-19H,4-16H2,1-3H3. The summed E-state index contributed by atoms with van der Waals surface area (Å²) in [7, 11) is 0. The molecule has 0 bridgehead atoms. The van der Waals surface area contributed by atoms with E-state index in [2.05, 4.69) is 31.0 Å². The van der Waals surface area contributed by atoms with Crippen molar-refractivity contribution in [2.45, 2.75) is 84.2 Å². The summed E-state index contributed by atoms with van der Waals surface area (Å²) in [6, 6.07) is 1.32. The van der Waals surface area contributed by atoms with Crippen LogP contribution < -0.4 is 5.32 Å². The van der Waals surface area contributed by atoms with Crippen molar-refractivity contribution >= 4 is 0 Å². The summed E-state index contributed by atoms with van der Waals surface area (Å²) in [5.41, 5.74) is 0. The highest BCUT2D eigenvalue weighted by Crippen LogP contribution is 2.12. The molecule has 1 heterocycles. The van der Waals surface area contributed by atoms with Gasteiger partial charge in [-0.1, -0.05) is 52.4 Å². The molecule has 1 aliphatic rings. The van der Waals surface area contributed by atoms with Crippen molar-refractivity contribution in [3.63, 3.8) is 0 Å². The predicted molar refractivity (Wildman–Crippen MR) is 91.9 cm³/mol. The van der Waals surface area contributed by atoms with Gasteiger partial charge in [0.15, 0.2) is 0 Å². The molecule has 0 aliphatic carbocycles. The molecule has 1 rings (SSSR count). The van der Waals surface area contributed by atoms with Crippen LogP contribution >= 0.6 is 0 Å². The molecule has 1 atom stereocenters. The van der Waals surface area contributed by atoms with Gasteiger partial charge in [0.05, 0.1) is 13.2 Å². The van der Waals surface area contributed by atoms with Crippen LogP contribution in [0.3, 0.4) is 0 Å². The summed E-state index contributed by atoms with van der Waals surface area (Å²) in [6.07, 6.45) is 10.9. The minimum absolute atomic E-state index is 0.594. The number of nitrogens with one attached hydrogen (secondary N) is 1. The van der Waals surface area contributed by atoms with Gasteiger partial charge in [0.1, 0.15) is 0 Å². The predicted octanol–water partition coefficient (Wildman–Crippen LogP) is 3.83. The Labute approximate surface area is 132 Å². The van der Waals surface area contributed by atoms with Crippen LogP contribution in [0.5, 0.6) is 0 Å². The van der Waals surface area contributed by atoms with Gasteiger partial charge in [0, 0.05) is 31.7 Å². The highest BCUT2D eigenvalue weighted by Gasteiger charge is 2.16. The Hall–Kier alpha value is -0.120. The molecule has 1 aliphatic heterocycles. The zero-order valence-corrected chi connectivity index (χ0v) is 14.7. The van der Waals surface area contributed by atoms with E-state index < -0.39 is 0 Å². The van der Waals surface area contributed by atoms with Crippen LogP contribution in [0.1, 0.15) is 72.1 Å². The first kappa shape index (κ1) is 18.9. The number of ether oxygens (including phenoxy) is 1. The second kappa shape index (κ2) is 12.4. The summed E-state index contributed by atoms with van der Waals surface area (Å²) in [5.74, 6) is 0. The fourth-order valence-corrected chi connectivity index (χ4v) is 3.22. The summed E-state index contributed by atoms with van der Waals surface area (Å²) in [4.78, 5) is 2.54. The molecule has 1 N–H and O–H groups in total. The Morgan fingerprint density at radius 3 is 2.05 bits per heavy atom. The Morgan fingerprint density at radius 1 is 0.952 bits per heavy atom. The van der Waals surface area contributed by atoms with Gasteiger partial charge in [0.25, 0.3) is 0 Å². The maximum Gasteiger partial charge on any atom is 0.0594 e. The molecule has 1 unspecified atom stereocenters. The van der Waals surface area contributed by atoms with Crippen molar-refractivity contribution in [3.05, 3.63) is 0 Å². The lowest BCUT2D eigenvalue weighted by atomic mass is 10.0. The number of unbranched alkanes of at least 4 members (excludes halogenated alkanes) is 4. The lowest BCUT2D eigenvalue weighted by molar-refractivity contribution is 0.0337. The van der Waals surface area contributed by atoms with E-state index in [0.717, 1.165) is 32.3 Å². The SMILES string of the molecule is CCCCCC(CCCCC)NC(C)CN1CCOCC1. The molecule has 3 heteroatoms. The Bertz CT molecular complexity index is 219. The second-order valence-corrected chi connectivity index (χ2v) is 6.67. The third-order valence-corrected chi connectivity index (χ3v) is 4.47. The summed E-state index contributed by atoms with van der Waals surface area (Å²) < 4.78 is 5.43. The molecule has 126 valence electrons. The molecule has 21 heavy (non-hydrogen) atoms. The molecular formula is C18H38N2O. The second-order valence-electron chi connectivity index (χ2n) is 6.67. The van der Waals surface area contributed by atoms with Crippen molar-refractivity contribution in [3.8, 4) is 0 Å². The highest BCUT2D eigenvalue weighted by molar-refractivity contribution is 4.75. The summed E-state index contributed by atoms with van der Waals surface area (Å²) in [5, 5.41) is 3.90. The third kappa shape index (κ3) is 9.49. The van der Waals surface area contributed by atoms with E-state index in [0.29, 0.717) is 6.04 Å². The maximum absolute atomic E-state index is 5.43. The monoisotopic (exact) mass is 298 g/mol. The first-order chi connectivity index (χ1) is 10.3. The van der Waals surface area contributed by atoms with E-state index in [1.54, 1.807) is 0 Å². The van der Waals surface area contributed by atoms with E-state index >= 15 is 0 Å². The lowest BCUT2D eigenvalue weighted by Crippen LogP contribution is -2.47. The van der Waals surface area contributed by atoms with Gasteiger partial charge in [-0.05, 0) is 19.8 Å². The number of morpholine rings is 1. The molecule has 0 aromatic rings. The molecule has 0 radical (unpaired) electrons. The molecule has 0 aromatic carbocycles. The molecule has 3 nitrogen and oxygen atoms in total. The van der Waals surface area contributed by atoms with Crippen LogP contribution in [0.2, 0.25) is 0 Å². The van der Waals surface area contributed by atoms with E-state index in [9.17, 15) is 0 Å². The normalized spacial score (nSPS) is 18.3. The van der Waals surface area contributed by atoms with Gasteiger partial charge in [-0.25, -0.2) is 0 Å². The minimum Gasteiger partial charge on any atom is -0.379 e. The van der Waals surface area contributed by atoms with Crippen molar-refractivity contribution < 1.29 is 4.74 Å². The van der Waals surface area contributed by atoms with Gasteiger partial charge >= 0.3 is 0 Å². The summed E-state index contributed by atoms with van der Waals surface area (Å²) >= 11 is 0. The molecule has 0 aromatic heterocycles. The number of hydrogen-bond donors (Lipinski definition) is 1. The number of rotatable bonds is 12. The van der Waals surface area contributed by atoms with Crippen LogP contribution in [0.15, 0.2) is 0 Å². The molecule has 1 saturated heterocycles. The van der Waals surface area contributed by atoms with Gasteiger partial charge in [0.2, 0.25) is 0 Å². The van der Waals surface area contributed by atoms with Crippen LogP contribution in [-0.2, 0) is 4.74 Å². The Kier molecular flexibility index (Phi) is 11.2. The van der Waals surface area contributed by atoms with Crippen molar-refractivity contribution in [1.82, 2.24) is 10.2 Å². The lowest BCUT2D eigenvalue weighted by Gasteiger charge is -2.31. The van der Waals surface area contributed by atoms with E-state index in [4.69, 9.17) is 4.74 Å². The molecule has 0 amide bonds. The Balaban J connectivity index is 2.26. The van der Waals surface area contributed by atoms with E-state index in [-0.39, 0.29) is 0 Å².